The first-order valence-corrected chi connectivity index (χ1v) is 9.17. The summed E-state index contributed by atoms with van der Waals surface area (Å²) < 4.78 is 27.9. The van der Waals surface area contributed by atoms with Gasteiger partial charge in [0.05, 0.1) is 6.54 Å². The zero-order chi connectivity index (χ0) is 21.7. The zero-order valence-corrected chi connectivity index (χ0v) is 16.9. The van der Waals surface area contributed by atoms with Crippen molar-refractivity contribution in [1.82, 2.24) is 10.2 Å². The van der Waals surface area contributed by atoms with Gasteiger partial charge in [-0.25, -0.2) is 13.6 Å². The highest BCUT2D eigenvalue weighted by Gasteiger charge is 2.51. The lowest BCUT2D eigenvalue weighted by molar-refractivity contribution is -0.130. The van der Waals surface area contributed by atoms with Crippen LogP contribution in [0.3, 0.4) is 0 Å². The molecule has 0 aromatic heterocycles. The second-order valence-electron chi connectivity index (χ2n) is 7.63. The van der Waals surface area contributed by atoms with Crippen LogP contribution in [-0.4, -0.2) is 29.2 Å². The Hall–Kier alpha value is -3.09. The van der Waals surface area contributed by atoms with Crippen molar-refractivity contribution in [2.24, 2.45) is 0 Å². The van der Waals surface area contributed by atoms with Crippen LogP contribution in [0.15, 0.2) is 24.3 Å². The molecule has 0 spiro atoms. The van der Waals surface area contributed by atoms with Crippen LogP contribution in [0.4, 0.5) is 13.6 Å². The maximum atomic E-state index is 14.3. The average molecular weight is 400 g/mol. The Morgan fingerprint density at radius 2 is 1.69 bits per heavy atom. The third-order valence-corrected chi connectivity index (χ3v) is 5.68. The van der Waals surface area contributed by atoms with Crippen LogP contribution >= 0.6 is 0 Å². The van der Waals surface area contributed by atoms with E-state index in [4.69, 9.17) is 0 Å². The van der Waals surface area contributed by atoms with E-state index >= 15 is 0 Å². The topological polar surface area (TPSA) is 66.5 Å². The molecule has 1 aliphatic heterocycles. The third-order valence-electron chi connectivity index (χ3n) is 5.68. The van der Waals surface area contributed by atoms with Gasteiger partial charge in [-0.3, -0.25) is 14.5 Å². The zero-order valence-electron chi connectivity index (χ0n) is 16.9. The summed E-state index contributed by atoms with van der Waals surface area (Å²) in [5, 5.41) is 2.40. The Balaban J connectivity index is 1.95. The Morgan fingerprint density at radius 3 is 2.34 bits per heavy atom. The Kier molecular flexibility index (Phi) is 5.03. The summed E-state index contributed by atoms with van der Waals surface area (Å²) in [5.74, 6) is -2.76. The Morgan fingerprint density at radius 1 is 1.03 bits per heavy atom. The molecule has 2 aromatic rings. The molecule has 0 saturated carbocycles. The molecule has 0 aliphatic carbocycles. The van der Waals surface area contributed by atoms with Crippen molar-refractivity contribution in [2.75, 3.05) is 6.54 Å². The molecule has 0 unspecified atom stereocenters. The number of nitrogens with zero attached hydrogens (tertiary/aromatic N) is 1. The quantitative estimate of drug-likeness (QED) is 0.626. The van der Waals surface area contributed by atoms with Crippen LogP contribution in [0.2, 0.25) is 0 Å². The molecular weight excluding hydrogens is 378 g/mol. The number of carbonyl (C=O) groups excluding carboxylic acids is 3. The van der Waals surface area contributed by atoms with Gasteiger partial charge >= 0.3 is 6.03 Å². The first-order valence-electron chi connectivity index (χ1n) is 9.17. The van der Waals surface area contributed by atoms with Gasteiger partial charge in [-0.05, 0) is 75.1 Å². The van der Waals surface area contributed by atoms with E-state index in [0.717, 1.165) is 45.4 Å². The second kappa shape index (κ2) is 7.06. The number of hydrogen-bond acceptors (Lipinski definition) is 3. The molecule has 1 saturated heterocycles. The molecule has 1 aliphatic rings. The number of hydrogen-bond donors (Lipinski definition) is 1. The van der Waals surface area contributed by atoms with Gasteiger partial charge in [-0.2, -0.15) is 0 Å². The van der Waals surface area contributed by atoms with E-state index in [1.165, 1.54) is 6.92 Å². The predicted octanol–water partition coefficient (Wildman–Crippen LogP) is 3.85. The van der Waals surface area contributed by atoms with Crippen LogP contribution in [0.5, 0.6) is 0 Å². The minimum atomic E-state index is -1.79. The first kappa shape index (κ1) is 20.6. The smallest absolute Gasteiger partial charge is 0.319 e. The van der Waals surface area contributed by atoms with Crippen LogP contribution in [0.1, 0.15) is 45.1 Å². The maximum Gasteiger partial charge on any atom is 0.325 e. The molecule has 2 aromatic carbocycles. The lowest BCUT2D eigenvalue weighted by atomic mass is 9.90. The molecule has 1 fully saturated rings. The highest BCUT2D eigenvalue weighted by molar-refractivity contribution is 6.11. The van der Waals surface area contributed by atoms with Gasteiger partial charge in [0.2, 0.25) is 0 Å². The molecular formula is C22H22F2N2O3. The van der Waals surface area contributed by atoms with Crippen molar-refractivity contribution in [3.05, 3.63) is 69.3 Å². The number of nitrogens with one attached hydrogen (secondary N) is 1. The largest absolute Gasteiger partial charge is 0.325 e. The first-order chi connectivity index (χ1) is 13.5. The fourth-order valence-corrected chi connectivity index (χ4v) is 3.84. The molecule has 0 bridgehead atoms. The van der Waals surface area contributed by atoms with E-state index in [1.54, 1.807) is 6.92 Å². The minimum absolute atomic E-state index is 0.288. The summed E-state index contributed by atoms with van der Waals surface area (Å²) in [4.78, 5) is 39.1. The lowest BCUT2D eigenvalue weighted by Gasteiger charge is -2.23. The summed E-state index contributed by atoms with van der Waals surface area (Å²) in [6, 6.07) is 3.75. The van der Waals surface area contributed by atoms with E-state index in [2.05, 4.69) is 5.32 Å². The number of rotatable bonds is 4. The van der Waals surface area contributed by atoms with Crippen molar-refractivity contribution in [3.63, 3.8) is 0 Å². The Labute approximate surface area is 167 Å². The van der Waals surface area contributed by atoms with Gasteiger partial charge in [0.15, 0.2) is 5.78 Å². The number of carbonyl (C=O) groups is 3. The molecule has 3 amide bonds. The number of halogens is 2. The number of imide groups is 1. The van der Waals surface area contributed by atoms with Crippen LogP contribution in [0.25, 0.3) is 0 Å². The molecule has 0 radical (unpaired) electrons. The number of Topliss-reactive ketones (excluding diaryl/α,β-unsaturated/α-hetero) is 1. The molecule has 152 valence electrons. The predicted molar refractivity (Wildman–Crippen MR) is 104 cm³/mol. The molecule has 7 heteroatoms. The fraction of sp³-hybridized carbons (Fsp3) is 0.318. The molecule has 1 N–H and O–H groups in total. The number of amides is 3. The maximum absolute atomic E-state index is 14.3. The number of aryl methyl sites for hydroxylation is 2. The van der Waals surface area contributed by atoms with Crippen molar-refractivity contribution in [2.45, 2.75) is 40.2 Å². The van der Waals surface area contributed by atoms with E-state index < -0.39 is 41.4 Å². The summed E-state index contributed by atoms with van der Waals surface area (Å²) in [6.07, 6.45) is 0. The van der Waals surface area contributed by atoms with Crippen molar-refractivity contribution >= 4 is 17.7 Å². The third kappa shape index (κ3) is 3.30. The summed E-state index contributed by atoms with van der Waals surface area (Å²) in [5.41, 5.74) is 1.92. The van der Waals surface area contributed by atoms with Gasteiger partial charge in [0, 0.05) is 11.1 Å². The summed E-state index contributed by atoms with van der Waals surface area (Å²) >= 11 is 0. The van der Waals surface area contributed by atoms with E-state index in [0.29, 0.717) is 5.56 Å². The number of benzene rings is 2. The standard InChI is InChI=1S/C22H22F2N2O3/c1-11-8-12(2)19(14(4)13(11)3)18(27)10-26-20(28)22(5,25-21(26)29)16-9-15(23)6-7-17(16)24/h6-9H,10H2,1-5H3,(H,25,29)/t22-/m0/s1. The molecule has 1 heterocycles. The van der Waals surface area contributed by atoms with Gasteiger partial charge in [0.1, 0.15) is 17.2 Å². The molecule has 5 nitrogen and oxygen atoms in total. The molecule has 29 heavy (non-hydrogen) atoms. The normalized spacial score (nSPS) is 18.9. The number of urea groups is 1. The lowest BCUT2D eigenvalue weighted by Crippen LogP contribution is -2.42. The highest BCUT2D eigenvalue weighted by atomic mass is 19.1. The number of ketones is 1. The van der Waals surface area contributed by atoms with Crippen molar-refractivity contribution in [1.29, 1.82) is 0 Å². The monoisotopic (exact) mass is 400 g/mol. The van der Waals surface area contributed by atoms with Gasteiger partial charge in [-0.15, -0.1) is 0 Å². The second-order valence-corrected chi connectivity index (χ2v) is 7.63. The SMILES string of the molecule is Cc1cc(C)c(C(=O)CN2C(=O)N[C@@](C)(c3cc(F)ccc3F)C2=O)c(C)c1C. The highest BCUT2D eigenvalue weighted by Crippen LogP contribution is 2.32. The van der Waals surface area contributed by atoms with Crippen molar-refractivity contribution < 1.29 is 23.2 Å². The van der Waals surface area contributed by atoms with E-state index in [1.807, 2.05) is 26.8 Å². The summed E-state index contributed by atoms with van der Waals surface area (Å²) in [6.45, 7) is 8.27. The fourth-order valence-electron chi connectivity index (χ4n) is 3.84. The van der Waals surface area contributed by atoms with E-state index in [9.17, 15) is 23.2 Å². The van der Waals surface area contributed by atoms with Crippen LogP contribution in [0, 0.1) is 39.3 Å². The van der Waals surface area contributed by atoms with E-state index in [-0.39, 0.29) is 5.56 Å². The van der Waals surface area contributed by atoms with Crippen LogP contribution in [-0.2, 0) is 10.3 Å². The molecule has 3 rings (SSSR count). The molecule has 1 atom stereocenters. The average Bonchev–Trinajstić information content (AvgIpc) is 2.85. The van der Waals surface area contributed by atoms with Crippen LogP contribution < -0.4 is 5.32 Å². The minimum Gasteiger partial charge on any atom is -0.319 e. The Bertz CT molecular complexity index is 1060. The van der Waals surface area contributed by atoms with Gasteiger partial charge < -0.3 is 5.32 Å². The van der Waals surface area contributed by atoms with Crippen molar-refractivity contribution in [3.8, 4) is 0 Å². The van der Waals surface area contributed by atoms with Gasteiger partial charge in [0.25, 0.3) is 5.91 Å². The summed E-state index contributed by atoms with van der Waals surface area (Å²) in [7, 11) is 0. The van der Waals surface area contributed by atoms with Gasteiger partial charge in [-0.1, -0.05) is 6.07 Å².